The number of halogens is 1. The highest BCUT2D eigenvalue weighted by molar-refractivity contribution is 5.88. The van der Waals surface area contributed by atoms with Crippen LogP contribution in [0.1, 0.15) is 35.1 Å². The zero-order valence-corrected chi connectivity index (χ0v) is 22.0. The molecule has 0 radical (unpaired) electrons. The van der Waals surface area contributed by atoms with Crippen LogP contribution in [0.3, 0.4) is 0 Å². The van der Waals surface area contributed by atoms with E-state index in [-0.39, 0.29) is 29.6 Å². The van der Waals surface area contributed by atoms with Gasteiger partial charge in [-0.1, -0.05) is 109 Å². The molecule has 4 heteroatoms. The van der Waals surface area contributed by atoms with Crippen LogP contribution in [-0.2, 0) is 23.2 Å². The number of benzene rings is 4. The lowest BCUT2D eigenvalue weighted by Crippen LogP contribution is -2.47. The minimum atomic E-state index is -0.251. The Morgan fingerprint density at radius 2 is 1.38 bits per heavy atom. The number of carbonyl (C=O) groups excluding carboxylic acids is 1. The van der Waals surface area contributed by atoms with Crippen molar-refractivity contribution in [1.29, 1.82) is 0 Å². The zero-order chi connectivity index (χ0) is 26.7. The predicted octanol–water partition coefficient (Wildman–Crippen LogP) is 6.86. The maximum Gasteiger partial charge on any atom is 0.138 e. The fourth-order valence-corrected chi connectivity index (χ4v) is 6.74. The molecule has 2 fully saturated rings. The van der Waals surface area contributed by atoms with Crippen molar-refractivity contribution >= 4 is 11.6 Å². The summed E-state index contributed by atoms with van der Waals surface area (Å²) in [6, 6.07) is 38.5. The van der Waals surface area contributed by atoms with Crippen molar-refractivity contribution in [2.75, 3.05) is 13.1 Å². The lowest BCUT2D eigenvalue weighted by atomic mass is 9.56. The summed E-state index contributed by atoms with van der Waals surface area (Å²) in [7, 11) is 0. The van der Waals surface area contributed by atoms with Crippen LogP contribution in [0.4, 0.5) is 4.39 Å². The number of likely N-dealkylation sites (tertiary alicyclic amines) is 1. The third-order valence-electron chi connectivity index (χ3n) is 8.67. The van der Waals surface area contributed by atoms with E-state index in [2.05, 4.69) is 77.7 Å². The Bertz CT molecular complexity index is 1410. The number of aliphatic imine (C=N–C) groups is 1. The third kappa shape index (κ3) is 4.92. The molecular formula is C35H33FN2O. The summed E-state index contributed by atoms with van der Waals surface area (Å²) < 4.78 is 14.5. The van der Waals surface area contributed by atoms with Gasteiger partial charge in [0.05, 0.1) is 6.54 Å². The third-order valence-corrected chi connectivity index (χ3v) is 8.67. The van der Waals surface area contributed by atoms with Gasteiger partial charge >= 0.3 is 0 Å². The summed E-state index contributed by atoms with van der Waals surface area (Å²) in [6.45, 7) is 1.66. The molecule has 4 aromatic rings. The van der Waals surface area contributed by atoms with Crippen LogP contribution in [0.15, 0.2) is 120 Å². The quantitative estimate of drug-likeness (QED) is 0.207. The number of nitrogens with zero attached hydrogens (tertiary/aromatic N) is 2. The second kappa shape index (κ2) is 11.0. The highest BCUT2D eigenvalue weighted by Gasteiger charge is 2.54. The van der Waals surface area contributed by atoms with E-state index in [9.17, 15) is 9.18 Å². The molecule has 2 aliphatic rings. The van der Waals surface area contributed by atoms with E-state index in [1.807, 2.05) is 24.3 Å². The van der Waals surface area contributed by atoms with Gasteiger partial charge < -0.3 is 4.90 Å². The van der Waals surface area contributed by atoms with Crippen molar-refractivity contribution in [3.05, 3.63) is 143 Å². The maximum absolute atomic E-state index is 14.5. The van der Waals surface area contributed by atoms with E-state index in [4.69, 9.17) is 4.99 Å². The Hall–Kier alpha value is -4.05. The number of hydrogen-bond donors (Lipinski definition) is 0. The minimum absolute atomic E-state index is 0.0754. The number of ketones is 1. The van der Waals surface area contributed by atoms with Gasteiger partial charge in [-0.25, -0.2) is 4.39 Å². The molecule has 1 aliphatic heterocycles. The van der Waals surface area contributed by atoms with Crippen LogP contribution in [0.5, 0.6) is 0 Å². The topological polar surface area (TPSA) is 32.7 Å². The molecule has 2 atom stereocenters. The Labute approximate surface area is 230 Å². The molecule has 0 N–H and O–H groups in total. The summed E-state index contributed by atoms with van der Waals surface area (Å²) in [4.78, 5) is 20.8. The molecule has 1 aliphatic carbocycles. The summed E-state index contributed by atoms with van der Waals surface area (Å²) in [5.41, 5.74) is 4.03. The average Bonchev–Trinajstić information content (AvgIpc) is 3.45. The molecule has 1 saturated heterocycles. The molecule has 2 unspecified atom stereocenters. The number of amidine groups is 1. The Balaban J connectivity index is 1.40. The number of carbonyl (C=O) groups is 1. The van der Waals surface area contributed by atoms with Gasteiger partial charge in [0.15, 0.2) is 0 Å². The van der Waals surface area contributed by atoms with Crippen LogP contribution >= 0.6 is 0 Å². The summed E-state index contributed by atoms with van der Waals surface area (Å²) in [5.74, 6) is 1.07. The van der Waals surface area contributed by atoms with Crippen molar-refractivity contribution in [3.8, 4) is 0 Å². The maximum atomic E-state index is 14.5. The number of Topliss-reactive ketones (excluding diaryl/α,β-unsaturated/α-hetero) is 1. The molecule has 0 spiro atoms. The molecule has 0 aromatic heterocycles. The molecule has 1 saturated carbocycles. The monoisotopic (exact) mass is 516 g/mol. The van der Waals surface area contributed by atoms with Crippen LogP contribution in [0, 0.1) is 17.7 Å². The molecule has 0 bridgehead atoms. The summed E-state index contributed by atoms with van der Waals surface area (Å²) in [5, 5.41) is 0. The van der Waals surface area contributed by atoms with E-state index in [0.29, 0.717) is 30.7 Å². The van der Waals surface area contributed by atoms with Crippen LogP contribution in [0.25, 0.3) is 0 Å². The SMILES string of the molecule is O=C1CCC(c2ccccc2)(c2ccccc2)C2CN(C(Cc3ccccc3)=NCc3ccccc3F)CC12. The van der Waals surface area contributed by atoms with Crippen molar-refractivity contribution in [2.24, 2.45) is 16.8 Å². The van der Waals surface area contributed by atoms with Gasteiger partial charge in [0.1, 0.15) is 17.4 Å². The van der Waals surface area contributed by atoms with E-state index >= 15 is 0 Å². The zero-order valence-electron chi connectivity index (χ0n) is 22.0. The summed E-state index contributed by atoms with van der Waals surface area (Å²) in [6.07, 6.45) is 2.01. The van der Waals surface area contributed by atoms with Gasteiger partial charge in [0, 0.05) is 48.7 Å². The standard InChI is InChI=1S/C35H33FN2O/c36-32-19-11-10-14-27(32)23-37-34(22-26-12-4-1-5-13-26)38-24-30-31(25-38)35(21-20-33(30)39,28-15-6-2-7-16-28)29-17-8-3-9-18-29/h1-19,30-31H,20-25H2. The molecule has 1 heterocycles. The van der Waals surface area contributed by atoms with Gasteiger partial charge in [-0.3, -0.25) is 9.79 Å². The van der Waals surface area contributed by atoms with E-state index in [1.54, 1.807) is 12.1 Å². The molecular weight excluding hydrogens is 483 g/mol. The van der Waals surface area contributed by atoms with Crippen molar-refractivity contribution in [2.45, 2.75) is 31.2 Å². The smallest absolute Gasteiger partial charge is 0.138 e. The second-order valence-electron chi connectivity index (χ2n) is 10.8. The molecule has 4 aromatic carbocycles. The molecule has 6 rings (SSSR count). The molecule has 196 valence electrons. The van der Waals surface area contributed by atoms with Crippen LogP contribution < -0.4 is 0 Å². The van der Waals surface area contributed by atoms with E-state index in [1.165, 1.54) is 17.2 Å². The second-order valence-corrected chi connectivity index (χ2v) is 10.8. The van der Waals surface area contributed by atoms with E-state index in [0.717, 1.165) is 24.4 Å². The highest BCUT2D eigenvalue weighted by Crippen LogP contribution is 2.52. The molecule has 3 nitrogen and oxygen atoms in total. The van der Waals surface area contributed by atoms with Crippen molar-refractivity contribution < 1.29 is 9.18 Å². The van der Waals surface area contributed by atoms with Crippen molar-refractivity contribution in [1.82, 2.24) is 4.90 Å². The van der Waals surface area contributed by atoms with E-state index < -0.39 is 0 Å². The lowest BCUT2D eigenvalue weighted by Gasteiger charge is -2.45. The molecule has 39 heavy (non-hydrogen) atoms. The van der Waals surface area contributed by atoms with Gasteiger partial charge in [0.2, 0.25) is 0 Å². The first kappa shape index (κ1) is 25.2. The van der Waals surface area contributed by atoms with Gasteiger partial charge in [-0.05, 0) is 29.2 Å². The van der Waals surface area contributed by atoms with Crippen molar-refractivity contribution in [3.63, 3.8) is 0 Å². The van der Waals surface area contributed by atoms with Gasteiger partial charge in [-0.2, -0.15) is 0 Å². The normalized spacial score (nSPS) is 20.6. The fraction of sp³-hybridized carbons (Fsp3) is 0.257. The average molecular weight is 517 g/mol. The number of fused-ring (bicyclic) bond motifs is 1. The first-order valence-corrected chi connectivity index (χ1v) is 13.8. The highest BCUT2D eigenvalue weighted by atomic mass is 19.1. The first-order valence-electron chi connectivity index (χ1n) is 13.8. The Kier molecular flexibility index (Phi) is 7.10. The van der Waals surface area contributed by atoms with Crippen LogP contribution in [-0.4, -0.2) is 29.6 Å². The Morgan fingerprint density at radius 1 is 0.795 bits per heavy atom. The number of hydrogen-bond acceptors (Lipinski definition) is 2. The largest absolute Gasteiger partial charge is 0.359 e. The summed E-state index contributed by atoms with van der Waals surface area (Å²) >= 11 is 0. The fourth-order valence-electron chi connectivity index (χ4n) is 6.74. The first-order chi connectivity index (χ1) is 19.1. The lowest BCUT2D eigenvalue weighted by molar-refractivity contribution is -0.126. The Morgan fingerprint density at radius 3 is 2.03 bits per heavy atom. The van der Waals surface area contributed by atoms with Gasteiger partial charge in [-0.15, -0.1) is 0 Å². The number of rotatable bonds is 6. The van der Waals surface area contributed by atoms with Gasteiger partial charge in [0.25, 0.3) is 0 Å². The predicted molar refractivity (Wildman–Crippen MR) is 154 cm³/mol. The van der Waals surface area contributed by atoms with Crippen LogP contribution in [0.2, 0.25) is 0 Å². The minimum Gasteiger partial charge on any atom is -0.359 e. The molecule has 0 amide bonds.